The van der Waals surface area contributed by atoms with Gasteiger partial charge in [-0.2, -0.15) is 0 Å². The molecule has 0 saturated heterocycles. The minimum Gasteiger partial charge on any atom is -0.380 e. The lowest BCUT2D eigenvalue weighted by Crippen LogP contribution is -2.27. The second-order valence-electron chi connectivity index (χ2n) is 6.35. The van der Waals surface area contributed by atoms with Gasteiger partial charge >= 0.3 is 0 Å². The molecule has 0 aliphatic carbocycles. The van der Waals surface area contributed by atoms with Crippen molar-refractivity contribution in [2.24, 2.45) is 0 Å². The Kier molecular flexibility index (Phi) is 5.02. The maximum absolute atomic E-state index is 11.9. The van der Waals surface area contributed by atoms with Crippen molar-refractivity contribution in [3.63, 3.8) is 0 Å². The zero-order valence-corrected chi connectivity index (χ0v) is 16.0. The molecule has 130 valence electrons. The number of aliphatic hydroxyl groups is 1. The predicted molar refractivity (Wildman–Crippen MR) is 112 cm³/mol. The molecule has 2 heterocycles. The van der Waals surface area contributed by atoms with Crippen molar-refractivity contribution in [1.29, 1.82) is 0 Å². The fourth-order valence-electron chi connectivity index (χ4n) is 3.36. The molecule has 0 aliphatic heterocycles. The third-order valence-electron chi connectivity index (χ3n) is 4.71. The Bertz CT molecular complexity index is 943. The summed E-state index contributed by atoms with van der Waals surface area (Å²) in [6.07, 6.45) is 1.48. The third-order valence-corrected chi connectivity index (χ3v) is 6.63. The fraction of sp³-hybridized carbons (Fsp3) is 0.130. The summed E-state index contributed by atoms with van der Waals surface area (Å²) in [6, 6.07) is 26.9. The summed E-state index contributed by atoms with van der Waals surface area (Å²) < 4.78 is 0. The molecule has 0 aliphatic rings. The van der Waals surface area contributed by atoms with E-state index in [0.29, 0.717) is 6.42 Å². The van der Waals surface area contributed by atoms with Gasteiger partial charge in [-0.25, -0.2) is 0 Å². The van der Waals surface area contributed by atoms with Crippen molar-refractivity contribution in [3.05, 3.63) is 106 Å². The Morgan fingerprint density at radius 1 is 0.731 bits per heavy atom. The van der Waals surface area contributed by atoms with E-state index in [-0.39, 0.29) is 0 Å². The number of rotatable bonds is 6. The van der Waals surface area contributed by atoms with Crippen molar-refractivity contribution in [3.8, 4) is 10.4 Å². The predicted octanol–water partition coefficient (Wildman–Crippen LogP) is 6.35. The van der Waals surface area contributed by atoms with Crippen LogP contribution in [0.1, 0.15) is 22.4 Å². The van der Waals surface area contributed by atoms with Crippen molar-refractivity contribution < 1.29 is 5.11 Å². The summed E-state index contributed by atoms with van der Waals surface area (Å²) in [7, 11) is 0. The van der Waals surface area contributed by atoms with Gasteiger partial charge in [-0.3, -0.25) is 0 Å². The molecule has 1 atom stereocenters. The first kappa shape index (κ1) is 17.2. The Morgan fingerprint density at radius 3 is 2.19 bits per heavy atom. The highest BCUT2D eigenvalue weighted by atomic mass is 32.1. The lowest BCUT2D eigenvalue weighted by atomic mass is 9.83. The molecule has 0 radical (unpaired) electrons. The summed E-state index contributed by atoms with van der Waals surface area (Å²) in [4.78, 5) is 2.19. The van der Waals surface area contributed by atoms with E-state index in [1.807, 2.05) is 35.7 Å². The molecule has 2 aromatic heterocycles. The van der Waals surface area contributed by atoms with Gasteiger partial charge in [0.1, 0.15) is 5.60 Å². The van der Waals surface area contributed by atoms with Gasteiger partial charge in [0.15, 0.2) is 0 Å². The summed E-state index contributed by atoms with van der Waals surface area (Å²) in [5, 5.41) is 16.0. The first-order valence-electron chi connectivity index (χ1n) is 8.71. The Morgan fingerprint density at radius 2 is 1.46 bits per heavy atom. The molecule has 0 fully saturated rings. The van der Waals surface area contributed by atoms with Gasteiger partial charge in [0.2, 0.25) is 0 Å². The molecule has 3 heteroatoms. The molecule has 0 amide bonds. The maximum atomic E-state index is 11.9. The SMILES string of the molecule is OC(CCc1ccccc1)(c1cccs1)c1ccccc1-c1cccs1. The molecule has 1 N–H and O–H groups in total. The van der Waals surface area contributed by atoms with E-state index < -0.39 is 5.60 Å². The highest BCUT2D eigenvalue weighted by Gasteiger charge is 2.34. The topological polar surface area (TPSA) is 20.2 Å². The number of hydrogen-bond acceptors (Lipinski definition) is 3. The highest BCUT2D eigenvalue weighted by Crippen LogP contribution is 2.42. The quantitative estimate of drug-likeness (QED) is 0.416. The summed E-state index contributed by atoms with van der Waals surface area (Å²) in [6.45, 7) is 0. The highest BCUT2D eigenvalue weighted by molar-refractivity contribution is 7.13. The second-order valence-corrected chi connectivity index (χ2v) is 8.24. The van der Waals surface area contributed by atoms with E-state index in [0.717, 1.165) is 22.4 Å². The van der Waals surface area contributed by atoms with Crippen LogP contribution in [-0.2, 0) is 12.0 Å². The summed E-state index contributed by atoms with van der Waals surface area (Å²) >= 11 is 3.33. The molecular formula is C23H20OS2. The van der Waals surface area contributed by atoms with Crippen LogP contribution < -0.4 is 0 Å². The standard InChI is InChI=1S/C23H20OS2/c24-23(22-13-7-17-26-22,15-14-18-8-2-1-3-9-18)20-11-5-4-10-19(20)21-12-6-16-25-21/h1-13,16-17,24H,14-15H2. The summed E-state index contributed by atoms with van der Waals surface area (Å²) in [5.41, 5.74) is 2.35. The van der Waals surface area contributed by atoms with Crippen LogP contribution in [0.5, 0.6) is 0 Å². The minimum atomic E-state index is -0.995. The lowest BCUT2D eigenvalue weighted by molar-refractivity contribution is 0.0757. The average molecular weight is 377 g/mol. The Balaban J connectivity index is 1.77. The smallest absolute Gasteiger partial charge is 0.125 e. The van der Waals surface area contributed by atoms with Crippen molar-refractivity contribution in [2.45, 2.75) is 18.4 Å². The molecule has 26 heavy (non-hydrogen) atoms. The van der Waals surface area contributed by atoms with E-state index in [2.05, 4.69) is 53.9 Å². The van der Waals surface area contributed by atoms with Crippen molar-refractivity contribution in [1.82, 2.24) is 0 Å². The van der Waals surface area contributed by atoms with Crippen LogP contribution in [0.25, 0.3) is 10.4 Å². The molecule has 4 aromatic rings. The normalized spacial score (nSPS) is 13.4. The number of benzene rings is 2. The molecule has 1 unspecified atom stereocenters. The van der Waals surface area contributed by atoms with Gasteiger partial charge in [0.25, 0.3) is 0 Å². The average Bonchev–Trinajstić information content (AvgIpc) is 3.41. The molecule has 0 saturated carbocycles. The molecular weight excluding hydrogens is 356 g/mol. The Labute approximate surface area is 162 Å². The Hall–Kier alpha value is -2.20. The van der Waals surface area contributed by atoms with Crippen LogP contribution in [0.3, 0.4) is 0 Å². The number of thiophene rings is 2. The van der Waals surface area contributed by atoms with Crippen LogP contribution in [-0.4, -0.2) is 5.11 Å². The van der Waals surface area contributed by atoms with E-state index in [9.17, 15) is 5.11 Å². The zero-order chi connectivity index (χ0) is 17.8. The molecule has 0 spiro atoms. The van der Waals surface area contributed by atoms with Gasteiger partial charge in [0.05, 0.1) is 0 Å². The van der Waals surface area contributed by atoms with Crippen molar-refractivity contribution in [2.75, 3.05) is 0 Å². The third kappa shape index (κ3) is 3.38. The zero-order valence-electron chi connectivity index (χ0n) is 14.3. The van der Waals surface area contributed by atoms with E-state index in [1.54, 1.807) is 22.7 Å². The van der Waals surface area contributed by atoms with Gasteiger partial charge in [-0.05, 0) is 52.4 Å². The minimum absolute atomic E-state index is 0.653. The van der Waals surface area contributed by atoms with Crippen LogP contribution in [0.15, 0.2) is 89.6 Å². The monoisotopic (exact) mass is 376 g/mol. The van der Waals surface area contributed by atoms with Gasteiger partial charge in [-0.15, -0.1) is 22.7 Å². The number of aryl methyl sites for hydroxylation is 1. The maximum Gasteiger partial charge on any atom is 0.125 e. The van der Waals surface area contributed by atoms with Crippen molar-refractivity contribution >= 4 is 22.7 Å². The number of hydrogen-bond donors (Lipinski definition) is 1. The summed E-state index contributed by atoms with van der Waals surface area (Å²) in [5.74, 6) is 0. The largest absolute Gasteiger partial charge is 0.380 e. The van der Waals surface area contributed by atoms with Crippen LogP contribution in [0.2, 0.25) is 0 Å². The molecule has 0 bridgehead atoms. The van der Waals surface area contributed by atoms with E-state index in [1.165, 1.54) is 10.4 Å². The van der Waals surface area contributed by atoms with Gasteiger partial charge < -0.3 is 5.11 Å². The second kappa shape index (κ2) is 7.58. The van der Waals surface area contributed by atoms with Gasteiger partial charge in [0, 0.05) is 9.75 Å². The van der Waals surface area contributed by atoms with Crippen LogP contribution in [0, 0.1) is 0 Å². The molecule has 4 rings (SSSR count). The first-order valence-corrected chi connectivity index (χ1v) is 10.5. The molecule has 2 aromatic carbocycles. The first-order chi connectivity index (χ1) is 12.8. The van der Waals surface area contributed by atoms with Crippen LogP contribution in [0.4, 0.5) is 0 Å². The van der Waals surface area contributed by atoms with E-state index in [4.69, 9.17) is 0 Å². The van der Waals surface area contributed by atoms with E-state index >= 15 is 0 Å². The fourth-order valence-corrected chi connectivity index (χ4v) is 5.00. The van der Waals surface area contributed by atoms with Gasteiger partial charge in [-0.1, -0.05) is 66.7 Å². The lowest BCUT2D eigenvalue weighted by Gasteiger charge is -2.30. The van der Waals surface area contributed by atoms with Crippen LogP contribution >= 0.6 is 22.7 Å². The molecule has 1 nitrogen and oxygen atoms in total.